The second kappa shape index (κ2) is 14.9. The fourth-order valence-electron chi connectivity index (χ4n) is 4.53. The highest BCUT2D eigenvalue weighted by atomic mass is 32.2. The Balaban J connectivity index is 1.49. The standard InChI is InChI=1S/C31H31N3O8S/c35-23-13-11-21(12-14-23)16-25(33-31(41)42-17-22-9-5-2-6-10-22)29(38)34-19-43-18-26(34)28(37)32-24(27(36)30(39)40)15-20-7-3-1-4-8-20/h1-14,24-26,35H,15-19H2,(H,32,37)(H,33,41)(H,39,40)/t24-,25-,26-/m0/s1. The molecule has 3 atom stereocenters. The number of nitrogens with one attached hydrogen (secondary N) is 2. The van der Waals surface area contributed by atoms with Crippen LogP contribution in [0.15, 0.2) is 84.9 Å². The largest absolute Gasteiger partial charge is 0.508 e. The number of hydrogen-bond donors (Lipinski definition) is 4. The molecule has 1 aliphatic heterocycles. The number of nitrogens with zero attached hydrogens (tertiary/aromatic N) is 1. The lowest BCUT2D eigenvalue weighted by atomic mass is 10.0. The van der Waals surface area contributed by atoms with Crippen LogP contribution in [0.3, 0.4) is 0 Å². The molecule has 1 fully saturated rings. The van der Waals surface area contributed by atoms with E-state index in [1.807, 2.05) is 6.07 Å². The third-order valence-corrected chi connectivity index (χ3v) is 7.79. The third kappa shape index (κ3) is 8.82. The Morgan fingerprint density at radius 2 is 1.40 bits per heavy atom. The van der Waals surface area contributed by atoms with Crippen LogP contribution in [0.5, 0.6) is 5.75 Å². The van der Waals surface area contributed by atoms with Crippen molar-refractivity contribution in [3.8, 4) is 5.75 Å². The van der Waals surface area contributed by atoms with Gasteiger partial charge in [-0.05, 0) is 28.8 Å². The number of rotatable bonds is 12. The molecule has 3 amide bonds. The molecule has 0 bridgehead atoms. The Labute approximate surface area is 252 Å². The summed E-state index contributed by atoms with van der Waals surface area (Å²) in [5, 5.41) is 24.1. The van der Waals surface area contributed by atoms with Crippen molar-refractivity contribution in [3.63, 3.8) is 0 Å². The summed E-state index contributed by atoms with van der Waals surface area (Å²) >= 11 is 1.31. The molecule has 0 aromatic heterocycles. The average molecular weight is 606 g/mol. The molecular weight excluding hydrogens is 574 g/mol. The molecule has 3 aromatic rings. The van der Waals surface area contributed by atoms with E-state index >= 15 is 0 Å². The topological polar surface area (TPSA) is 162 Å². The number of amides is 3. The smallest absolute Gasteiger partial charge is 0.408 e. The van der Waals surface area contributed by atoms with Gasteiger partial charge in [-0.1, -0.05) is 72.8 Å². The summed E-state index contributed by atoms with van der Waals surface area (Å²) < 4.78 is 5.32. The van der Waals surface area contributed by atoms with E-state index in [2.05, 4.69) is 10.6 Å². The van der Waals surface area contributed by atoms with Crippen molar-refractivity contribution in [3.05, 3.63) is 102 Å². The van der Waals surface area contributed by atoms with E-state index in [0.29, 0.717) is 11.1 Å². The van der Waals surface area contributed by atoms with Crippen molar-refractivity contribution in [1.82, 2.24) is 15.5 Å². The van der Waals surface area contributed by atoms with Crippen LogP contribution in [0.2, 0.25) is 0 Å². The number of benzene rings is 3. The number of carboxylic acid groups (broad SMARTS) is 1. The lowest BCUT2D eigenvalue weighted by Crippen LogP contribution is -2.57. The van der Waals surface area contributed by atoms with Crippen molar-refractivity contribution in [2.75, 3.05) is 11.6 Å². The van der Waals surface area contributed by atoms with Crippen LogP contribution >= 0.6 is 11.8 Å². The monoisotopic (exact) mass is 605 g/mol. The van der Waals surface area contributed by atoms with Gasteiger partial charge in [0.05, 0.1) is 5.88 Å². The normalized spacial score (nSPS) is 15.6. The molecule has 1 saturated heterocycles. The third-order valence-electron chi connectivity index (χ3n) is 6.77. The molecule has 224 valence electrons. The zero-order valence-corrected chi connectivity index (χ0v) is 23.9. The van der Waals surface area contributed by atoms with E-state index in [9.17, 15) is 34.2 Å². The summed E-state index contributed by atoms with van der Waals surface area (Å²) in [6.45, 7) is -0.0161. The molecule has 43 heavy (non-hydrogen) atoms. The minimum absolute atomic E-state index is 0.0161. The summed E-state index contributed by atoms with van der Waals surface area (Å²) in [6.07, 6.45) is -0.823. The van der Waals surface area contributed by atoms with E-state index in [-0.39, 0.29) is 36.8 Å². The fourth-order valence-corrected chi connectivity index (χ4v) is 5.69. The van der Waals surface area contributed by atoms with Crippen LogP contribution in [0.1, 0.15) is 16.7 Å². The summed E-state index contributed by atoms with van der Waals surface area (Å²) in [6, 6.07) is 20.4. The van der Waals surface area contributed by atoms with Crippen molar-refractivity contribution >= 4 is 41.4 Å². The van der Waals surface area contributed by atoms with E-state index in [1.165, 1.54) is 28.8 Å². The minimum atomic E-state index is -1.68. The van der Waals surface area contributed by atoms with E-state index in [0.717, 1.165) is 5.56 Å². The van der Waals surface area contributed by atoms with Crippen LogP contribution < -0.4 is 10.6 Å². The van der Waals surface area contributed by atoms with Gasteiger partial charge < -0.3 is 30.5 Å². The number of phenols is 1. The van der Waals surface area contributed by atoms with Crippen molar-refractivity contribution in [2.24, 2.45) is 0 Å². The molecule has 4 N–H and O–H groups in total. The number of carbonyl (C=O) groups excluding carboxylic acids is 4. The second-order valence-corrected chi connectivity index (χ2v) is 10.9. The molecule has 0 aliphatic carbocycles. The molecule has 0 saturated carbocycles. The maximum absolute atomic E-state index is 13.8. The number of aromatic hydroxyl groups is 1. The van der Waals surface area contributed by atoms with Gasteiger partial charge in [0, 0.05) is 18.6 Å². The zero-order valence-electron chi connectivity index (χ0n) is 23.0. The second-order valence-electron chi connectivity index (χ2n) is 9.87. The molecule has 0 radical (unpaired) electrons. The van der Waals surface area contributed by atoms with Gasteiger partial charge in [0.1, 0.15) is 30.5 Å². The molecule has 4 rings (SSSR count). The molecule has 12 heteroatoms. The number of thioether (sulfide) groups is 1. The number of hydrogen-bond acceptors (Lipinski definition) is 8. The molecule has 0 spiro atoms. The van der Waals surface area contributed by atoms with Crippen LogP contribution in [0.25, 0.3) is 0 Å². The lowest BCUT2D eigenvalue weighted by Gasteiger charge is -2.29. The first-order valence-electron chi connectivity index (χ1n) is 13.5. The van der Waals surface area contributed by atoms with E-state index in [1.54, 1.807) is 66.7 Å². The fraction of sp³-hybridized carbons (Fsp3) is 0.258. The summed E-state index contributed by atoms with van der Waals surface area (Å²) in [5.74, 6) is -3.70. The SMILES string of the molecule is O=C(N[C@@H](Cc1ccc(O)cc1)C(=O)N1CSC[C@H]1C(=O)N[C@@H](Cc1ccccc1)C(=O)C(=O)O)OCc1ccccc1. The molecule has 1 aliphatic rings. The average Bonchev–Trinajstić information content (AvgIpc) is 3.51. The molecular formula is C31H31N3O8S. The highest BCUT2D eigenvalue weighted by Gasteiger charge is 2.40. The first-order chi connectivity index (χ1) is 20.7. The first kappa shape index (κ1) is 31.1. The maximum atomic E-state index is 13.8. The van der Waals surface area contributed by atoms with Crippen LogP contribution in [0, 0.1) is 0 Å². The van der Waals surface area contributed by atoms with Gasteiger partial charge in [-0.15, -0.1) is 11.8 Å². The van der Waals surface area contributed by atoms with Crippen LogP contribution in [-0.4, -0.2) is 74.5 Å². The molecule has 11 nitrogen and oxygen atoms in total. The highest BCUT2D eigenvalue weighted by Crippen LogP contribution is 2.23. The number of Topliss-reactive ketones (excluding diaryl/α,β-unsaturated/α-hetero) is 1. The van der Waals surface area contributed by atoms with Gasteiger partial charge in [0.2, 0.25) is 11.8 Å². The van der Waals surface area contributed by atoms with Crippen LogP contribution in [0.4, 0.5) is 4.79 Å². The van der Waals surface area contributed by atoms with Gasteiger partial charge in [0.15, 0.2) is 0 Å². The summed E-state index contributed by atoms with van der Waals surface area (Å²) in [4.78, 5) is 65.2. The summed E-state index contributed by atoms with van der Waals surface area (Å²) in [7, 11) is 0. The predicted molar refractivity (Wildman–Crippen MR) is 158 cm³/mol. The Hall–Kier alpha value is -4.84. The van der Waals surface area contributed by atoms with Gasteiger partial charge in [-0.2, -0.15) is 0 Å². The number of alkyl carbamates (subject to hydrolysis) is 1. The Kier molecular flexibility index (Phi) is 10.8. The van der Waals surface area contributed by atoms with E-state index in [4.69, 9.17) is 4.74 Å². The van der Waals surface area contributed by atoms with Crippen molar-refractivity contribution in [1.29, 1.82) is 0 Å². The van der Waals surface area contributed by atoms with Gasteiger partial charge in [-0.3, -0.25) is 14.4 Å². The lowest BCUT2D eigenvalue weighted by molar-refractivity contribution is -0.150. The number of ether oxygens (including phenoxy) is 1. The van der Waals surface area contributed by atoms with Crippen LogP contribution in [-0.2, 0) is 43.4 Å². The minimum Gasteiger partial charge on any atom is -0.508 e. The quantitative estimate of drug-likeness (QED) is 0.227. The number of aliphatic carboxylic acids is 1. The van der Waals surface area contributed by atoms with Gasteiger partial charge >= 0.3 is 12.1 Å². The Bertz CT molecular complexity index is 1440. The Morgan fingerprint density at radius 1 is 0.814 bits per heavy atom. The predicted octanol–water partition coefficient (Wildman–Crippen LogP) is 2.51. The number of carboxylic acids is 1. The maximum Gasteiger partial charge on any atom is 0.408 e. The van der Waals surface area contributed by atoms with E-state index < -0.39 is 47.8 Å². The highest BCUT2D eigenvalue weighted by molar-refractivity contribution is 7.99. The first-order valence-corrected chi connectivity index (χ1v) is 14.6. The summed E-state index contributed by atoms with van der Waals surface area (Å²) in [5.41, 5.74) is 2.05. The van der Waals surface area contributed by atoms with Crippen molar-refractivity contribution in [2.45, 2.75) is 37.6 Å². The number of carbonyl (C=O) groups is 5. The van der Waals surface area contributed by atoms with Gasteiger partial charge in [0.25, 0.3) is 5.78 Å². The van der Waals surface area contributed by atoms with Crippen molar-refractivity contribution < 1.29 is 38.9 Å². The Morgan fingerprint density at radius 3 is 2.02 bits per heavy atom. The molecule has 1 heterocycles. The molecule has 3 aromatic carbocycles. The zero-order chi connectivity index (χ0) is 30.8. The van der Waals surface area contributed by atoms with Gasteiger partial charge in [-0.25, -0.2) is 9.59 Å². The molecule has 0 unspecified atom stereocenters. The number of ketones is 1. The number of phenolic OH excluding ortho intramolecular Hbond substituents is 1.